The van der Waals surface area contributed by atoms with Crippen LogP contribution < -0.4 is 0 Å². The number of rotatable bonds is 6. The molecule has 0 unspecified atom stereocenters. The van der Waals surface area contributed by atoms with Gasteiger partial charge >= 0.3 is 18.5 Å². The molecule has 82 heavy (non-hydrogen) atoms. The first-order chi connectivity index (χ1) is 39.2. The third-order valence-electron chi connectivity index (χ3n) is 15.8. The summed E-state index contributed by atoms with van der Waals surface area (Å²) in [6.07, 6.45) is -10.1. The molecule has 3 saturated heterocycles. The summed E-state index contributed by atoms with van der Waals surface area (Å²) in [5.74, 6) is 0.114. The van der Waals surface area contributed by atoms with Crippen molar-refractivity contribution in [2.24, 2.45) is 0 Å². The number of aromatic nitrogens is 5. The minimum absolute atomic E-state index is 0.0868. The number of benzene rings is 5. The van der Waals surface area contributed by atoms with Gasteiger partial charge in [-0.2, -0.15) is 43.9 Å². The van der Waals surface area contributed by atoms with E-state index in [-0.39, 0.29) is 41.2 Å². The highest BCUT2D eigenvalue weighted by Crippen LogP contribution is 2.42. The van der Waals surface area contributed by atoms with Gasteiger partial charge in [0.15, 0.2) is 0 Å². The van der Waals surface area contributed by atoms with Crippen LogP contribution >= 0.6 is 11.5 Å². The molecule has 13 nitrogen and oxygen atoms in total. The highest BCUT2D eigenvalue weighted by molar-refractivity contribution is 7.09. The van der Waals surface area contributed by atoms with Crippen LogP contribution in [0.4, 0.5) is 39.5 Å². The lowest BCUT2D eigenvalue weighted by Crippen LogP contribution is -2.40. The fourth-order valence-electron chi connectivity index (χ4n) is 11.5. The Morgan fingerprint density at radius 2 is 0.902 bits per heavy atom. The quantitative estimate of drug-likeness (QED) is 0.149. The molecule has 0 spiro atoms. The summed E-state index contributed by atoms with van der Waals surface area (Å²) in [5, 5.41) is 13.6. The van der Waals surface area contributed by atoms with Crippen molar-refractivity contribution >= 4 is 51.1 Å². The van der Waals surface area contributed by atoms with Crippen LogP contribution in [-0.4, -0.2) is 114 Å². The summed E-state index contributed by atoms with van der Waals surface area (Å²) in [6, 6.07) is 31.8. The van der Waals surface area contributed by atoms with E-state index in [1.165, 1.54) is 35.8 Å². The fraction of sp³-hybridized carbons (Fsp3) is 0.373. The zero-order valence-corrected chi connectivity index (χ0v) is 45.2. The molecule has 430 valence electrons. The standard InChI is InChI=1S/C20H17F3N2O2.C20H17F3N2OS.C19H22F3N5O/c2*21-20(22,23)16-7-3-1-5-14(16)13-9-11-25(12-10-13)19(26)18-15-6-2-4-8-17(15)24-27-18;1-25-10-11-27-16(12-25)23-24-17(27)18(28)26-8-6-13(7-9-26)14-4-2-3-5-15(14)19(20,21)22/h2*1-8,13H,9-12H2;2-5,13H,6-12H2,1H3. The molecule has 0 radical (unpaired) electrons. The van der Waals surface area contributed by atoms with Crippen LogP contribution in [0.1, 0.15) is 126 Å². The van der Waals surface area contributed by atoms with Gasteiger partial charge in [0.2, 0.25) is 11.6 Å². The molecule has 0 bridgehead atoms. The molecule has 3 aromatic heterocycles. The SMILES string of the molecule is CN1CCn2c(nnc2C(=O)N2CCC(c3ccccc3C(F)(F)F)CC2)C1.O=C(c1onc2ccccc12)N1CCC(c2ccccc2C(F)(F)F)CC1.O=C(c1snc2ccccc12)N1CCC(c2ccccc2C(F)(F)F)CC1. The zero-order valence-electron chi connectivity index (χ0n) is 44.4. The van der Waals surface area contributed by atoms with Gasteiger partial charge in [0.05, 0.1) is 34.1 Å². The molecule has 23 heteroatoms. The van der Waals surface area contributed by atoms with Crippen molar-refractivity contribution in [3.05, 3.63) is 177 Å². The van der Waals surface area contributed by atoms with Crippen LogP contribution in [0.2, 0.25) is 0 Å². The van der Waals surface area contributed by atoms with Gasteiger partial charge in [0.1, 0.15) is 16.2 Å². The van der Waals surface area contributed by atoms with Crippen LogP contribution in [0.5, 0.6) is 0 Å². The van der Waals surface area contributed by atoms with Gasteiger partial charge in [-0.05, 0) is 128 Å². The Hall–Kier alpha value is -7.66. The summed E-state index contributed by atoms with van der Waals surface area (Å²) < 4.78 is 131. The molecule has 0 atom stereocenters. The highest BCUT2D eigenvalue weighted by atomic mass is 32.1. The van der Waals surface area contributed by atoms with E-state index >= 15 is 0 Å². The van der Waals surface area contributed by atoms with Gasteiger partial charge in [-0.3, -0.25) is 19.3 Å². The third kappa shape index (κ3) is 12.5. The Kier molecular flexibility index (Phi) is 16.9. The smallest absolute Gasteiger partial charge is 0.350 e. The average molecular weight is 1160 g/mol. The van der Waals surface area contributed by atoms with Crippen molar-refractivity contribution in [1.29, 1.82) is 0 Å². The first-order valence-electron chi connectivity index (χ1n) is 26.9. The molecule has 3 fully saturated rings. The van der Waals surface area contributed by atoms with Crippen molar-refractivity contribution < 1.29 is 58.4 Å². The van der Waals surface area contributed by atoms with E-state index in [9.17, 15) is 53.9 Å². The second-order valence-electron chi connectivity index (χ2n) is 20.8. The summed E-state index contributed by atoms with van der Waals surface area (Å²) in [5.41, 5.74) is 0.636. The molecular formula is C59H56F9N9O4S. The molecule has 0 N–H and O–H groups in total. The maximum Gasteiger partial charge on any atom is 0.416 e. The number of halogens is 9. The van der Waals surface area contributed by atoms with Gasteiger partial charge in [-0.1, -0.05) is 90.1 Å². The molecule has 12 rings (SSSR count). The number of alkyl halides is 9. The van der Waals surface area contributed by atoms with E-state index in [1.54, 1.807) is 63.2 Å². The number of hydrogen-bond acceptors (Lipinski definition) is 10. The number of hydrogen-bond donors (Lipinski definition) is 0. The molecule has 0 aliphatic carbocycles. The fourth-order valence-corrected chi connectivity index (χ4v) is 12.3. The summed E-state index contributed by atoms with van der Waals surface area (Å²) >= 11 is 1.18. The minimum atomic E-state index is -4.37. The van der Waals surface area contributed by atoms with Gasteiger partial charge in [0.25, 0.3) is 17.7 Å². The zero-order chi connectivity index (χ0) is 57.9. The largest absolute Gasteiger partial charge is 0.416 e. The predicted octanol–water partition coefficient (Wildman–Crippen LogP) is 13.0. The maximum absolute atomic E-state index is 13.3. The molecule has 8 aromatic rings. The van der Waals surface area contributed by atoms with E-state index in [0.29, 0.717) is 129 Å². The first-order valence-corrected chi connectivity index (χ1v) is 27.7. The number of carbonyl (C=O) groups is 3. The van der Waals surface area contributed by atoms with E-state index < -0.39 is 35.2 Å². The summed E-state index contributed by atoms with van der Waals surface area (Å²) in [6.45, 7) is 4.61. The van der Waals surface area contributed by atoms with E-state index in [2.05, 4.69) is 24.6 Å². The number of piperidine rings is 3. The Bertz CT molecular complexity index is 3390. The Morgan fingerprint density at radius 1 is 0.488 bits per heavy atom. The molecule has 4 aliphatic heterocycles. The van der Waals surface area contributed by atoms with Gasteiger partial charge < -0.3 is 23.8 Å². The number of fused-ring (bicyclic) bond motifs is 3. The topological polar surface area (TPSA) is 134 Å². The summed E-state index contributed by atoms with van der Waals surface area (Å²) in [7, 11) is 1.99. The predicted molar refractivity (Wildman–Crippen MR) is 288 cm³/mol. The van der Waals surface area contributed by atoms with E-state index in [4.69, 9.17) is 4.52 Å². The van der Waals surface area contributed by atoms with Crippen molar-refractivity contribution in [2.45, 2.75) is 87.9 Å². The monoisotopic (exact) mass is 1160 g/mol. The van der Waals surface area contributed by atoms with Gasteiger partial charge in [0, 0.05) is 57.7 Å². The molecule has 3 amide bonds. The third-order valence-corrected chi connectivity index (χ3v) is 16.6. The van der Waals surface area contributed by atoms with E-state index in [0.717, 1.165) is 41.5 Å². The van der Waals surface area contributed by atoms with Crippen LogP contribution in [0.25, 0.3) is 21.8 Å². The second kappa shape index (κ2) is 24.0. The minimum Gasteiger partial charge on any atom is -0.350 e. The number of nitrogens with zero attached hydrogens (tertiary/aromatic N) is 9. The Morgan fingerprint density at radius 3 is 1.39 bits per heavy atom. The molecule has 5 aromatic carbocycles. The number of likely N-dealkylation sites (tertiary alicyclic amines) is 3. The van der Waals surface area contributed by atoms with Crippen molar-refractivity contribution in [3.8, 4) is 0 Å². The Balaban J connectivity index is 0.000000138. The molecule has 4 aliphatic rings. The van der Waals surface area contributed by atoms with Crippen molar-refractivity contribution in [2.75, 3.05) is 52.9 Å². The van der Waals surface area contributed by atoms with Crippen LogP contribution in [0, 0.1) is 0 Å². The highest BCUT2D eigenvalue weighted by Gasteiger charge is 2.40. The Labute approximate surface area is 469 Å². The van der Waals surface area contributed by atoms with Gasteiger partial charge in [-0.25, -0.2) is 0 Å². The lowest BCUT2D eigenvalue weighted by Gasteiger charge is -2.33. The van der Waals surface area contributed by atoms with E-state index in [1.807, 2.05) is 41.9 Å². The molecule has 0 saturated carbocycles. The normalized spacial score (nSPS) is 17.0. The number of carbonyl (C=O) groups excluding carboxylic acids is 3. The van der Waals surface area contributed by atoms with Crippen LogP contribution in [-0.2, 0) is 31.6 Å². The van der Waals surface area contributed by atoms with Crippen LogP contribution in [0.3, 0.4) is 0 Å². The lowest BCUT2D eigenvalue weighted by molar-refractivity contribution is -0.139. The summed E-state index contributed by atoms with van der Waals surface area (Å²) in [4.78, 5) is 46.3. The molecular weight excluding hydrogens is 1100 g/mol. The first kappa shape index (κ1) is 57.6. The van der Waals surface area contributed by atoms with Crippen molar-refractivity contribution in [1.82, 2.24) is 43.9 Å². The number of amides is 3. The number of likely N-dealkylation sites (N-methyl/N-ethyl adjacent to an activating group) is 1. The average Bonchev–Trinajstić information content (AvgIpc) is 4.38. The van der Waals surface area contributed by atoms with Crippen molar-refractivity contribution in [3.63, 3.8) is 0 Å². The van der Waals surface area contributed by atoms with Crippen LogP contribution in [0.15, 0.2) is 126 Å². The lowest BCUT2D eigenvalue weighted by atomic mass is 9.86. The molecule has 7 heterocycles. The van der Waals surface area contributed by atoms with Gasteiger partial charge in [-0.15, -0.1) is 10.2 Å². The maximum atomic E-state index is 13.3. The second-order valence-corrected chi connectivity index (χ2v) is 21.6.